The Balaban J connectivity index is 1.56. The van der Waals surface area contributed by atoms with Crippen molar-refractivity contribution < 1.29 is 23.1 Å². The largest absolute Gasteiger partial charge is 0.495 e. The minimum Gasteiger partial charge on any atom is -0.495 e. The van der Waals surface area contributed by atoms with E-state index in [2.05, 4.69) is 20.6 Å². The van der Waals surface area contributed by atoms with Crippen LogP contribution in [0.25, 0.3) is 0 Å². The number of ether oxygens (including phenoxy) is 1. The molecule has 2 aromatic rings. The van der Waals surface area contributed by atoms with Gasteiger partial charge in [0, 0.05) is 25.2 Å². The zero-order valence-electron chi connectivity index (χ0n) is 21.6. The number of anilines is 4. The van der Waals surface area contributed by atoms with Gasteiger partial charge in [-0.15, -0.1) is 0 Å². The van der Waals surface area contributed by atoms with Crippen LogP contribution in [0.1, 0.15) is 36.0 Å². The molecule has 2 amide bonds. The number of nitrogens with one attached hydrogen (secondary N) is 2. The number of hydrogen-bond donors (Lipinski definition) is 2. The van der Waals surface area contributed by atoms with E-state index in [1.807, 2.05) is 19.0 Å². The lowest BCUT2D eigenvalue weighted by Crippen LogP contribution is -2.50. The molecule has 37 heavy (non-hydrogen) atoms. The number of carbonyl (C=O) groups is 2. The molecular formula is C25H33F2N7O3. The summed E-state index contributed by atoms with van der Waals surface area (Å²) in [6.07, 6.45) is 4.65. The lowest BCUT2D eigenvalue weighted by molar-refractivity contribution is -0.140. The summed E-state index contributed by atoms with van der Waals surface area (Å²) in [7, 11) is 6.75. The highest BCUT2D eigenvalue weighted by atomic mass is 19.3. The molecule has 1 aliphatic carbocycles. The van der Waals surface area contributed by atoms with Gasteiger partial charge in [-0.2, -0.15) is 13.8 Å². The molecule has 0 bridgehead atoms. The Bertz CT molecular complexity index is 1160. The summed E-state index contributed by atoms with van der Waals surface area (Å²) in [6.45, 7) is 0.689. The van der Waals surface area contributed by atoms with Crippen LogP contribution >= 0.6 is 0 Å². The summed E-state index contributed by atoms with van der Waals surface area (Å²) in [5.74, 6) is -4.19. The average Bonchev–Trinajstić information content (AvgIpc) is 2.90. The van der Waals surface area contributed by atoms with Crippen molar-refractivity contribution in [1.29, 1.82) is 0 Å². The van der Waals surface area contributed by atoms with Crippen LogP contribution in [0, 0.1) is 0 Å². The van der Waals surface area contributed by atoms with Crippen molar-refractivity contribution in [3.8, 4) is 5.75 Å². The Hall–Kier alpha value is -3.54. The lowest BCUT2D eigenvalue weighted by Gasteiger charge is -2.38. The van der Waals surface area contributed by atoms with Gasteiger partial charge in [-0.25, -0.2) is 4.98 Å². The number of amides is 2. The number of halogens is 2. The van der Waals surface area contributed by atoms with Gasteiger partial charge in [-0.3, -0.25) is 9.59 Å². The van der Waals surface area contributed by atoms with Crippen LogP contribution in [-0.2, 0) is 4.79 Å². The molecule has 0 atom stereocenters. The van der Waals surface area contributed by atoms with Crippen LogP contribution in [0.15, 0.2) is 24.4 Å². The van der Waals surface area contributed by atoms with E-state index in [0.717, 1.165) is 37.1 Å². The molecule has 0 saturated heterocycles. The van der Waals surface area contributed by atoms with Gasteiger partial charge in [0.15, 0.2) is 5.82 Å². The molecule has 2 N–H and O–H groups in total. The predicted molar refractivity (Wildman–Crippen MR) is 137 cm³/mol. The van der Waals surface area contributed by atoms with E-state index in [1.165, 1.54) is 25.3 Å². The molecule has 1 fully saturated rings. The Morgan fingerprint density at radius 3 is 2.70 bits per heavy atom. The molecule has 0 radical (unpaired) electrons. The maximum absolute atomic E-state index is 14.7. The SMILES string of the molecule is COc1cc(C(=O)NCCCN(C)C)ccc1Nc1ncc2c(n1)N(C1CCC1)CC(F)(F)C(=O)N2C. The van der Waals surface area contributed by atoms with Gasteiger partial charge in [-0.1, -0.05) is 0 Å². The highest BCUT2D eigenvalue weighted by molar-refractivity contribution is 6.02. The fourth-order valence-electron chi connectivity index (χ4n) is 4.34. The maximum atomic E-state index is 14.7. The van der Waals surface area contributed by atoms with Crippen molar-refractivity contribution in [3.05, 3.63) is 30.0 Å². The van der Waals surface area contributed by atoms with Crippen molar-refractivity contribution >= 4 is 35.0 Å². The first kappa shape index (κ1) is 26.5. The molecule has 1 aliphatic heterocycles. The molecule has 1 aromatic heterocycles. The van der Waals surface area contributed by atoms with Crippen molar-refractivity contribution in [2.75, 3.05) is 63.0 Å². The van der Waals surface area contributed by atoms with Gasteiger partial charge in [0.2, 0.25) is 5.95 Å². The number of methoxy groups -OCH3 is 1. The van der Waals surface area contributed by atoms with Gasteiger partial charge < -0.3 is 30.1 Å². The van der Waals surface area contributed by atoms with Crippen LogP contribution in [0.4, 0.5) is 31.9 Å². The average molecular weight is 518 g/mol. The van der Waals surface area contributed by atoms with Crippen LogP contribution in [0.3, 0.4) is 0 Å². The second-order valence-corrected chi connectivity index (χ2v) is 9.64. The van der Waals surface area contributed by atoms with Crippen LogP contribution in [0.5, 0.6) is 5.75 Å². The lowest BCUT2D eigenvalue weighted by atomic mass is 9.91. The van der Waals surface area contributed by atoms with Crippen LogP contribution < -0.4 is 25.2 Å². The summed E-state index contributed by atoms with van der Waals surface area (Å²) in [5, 5.41) is 5.96. The molecule has 10 nitrogen and oxygen atoms in total. The molecule has 1 aromatic carbocycles. The third-order valence-corrected chi connectivity index (χ3v) is 6.66. The number of fused-ring (bicyclic) bond motifs is 1. The van der Waals surface area contributed by atoms with Crippen molar-refractivity contribution in [1.82, 2.24) is 20.2 Å². The summed E-state index contributed by atoms with van der Waals surface area (Å²) in [4.78, 5) is 38.2. The fourth-order valence-corrected chi connectivity index (χ4v) is 4.34. The first-order chi connectivity index (χ1) is 17.6. The number of aromatic nitrogens is 2. The van der Waals surface area contributed by atoms with Gasteiger partial charge in [-0.05, 0) is 64.5 Å². The Morgan fingerprint density at radius 1 is 1.30 bits per heavy atom. The third kappa shape index (κ3) is 5.74. The zero-order valence-corrected chi connectivity index (χ0v) is 21.6. The summed E-state index contributed by atoms with van der Waals surface area (Å²) in [5.41, 5.74) is 1.17. The topological polar surface area (TPSA) is 103 Å². The highest BCUT2D eigenvalue weighted by Gasteiger charge is 2.49. The fraction of sp³-hybridized carbons (Fsp3) is 0.520. The van der Waals surface area contributed by atoms with Crippen molar-refractivity contribution in [3.63, 3.8) is 0 Å². The Kier molecular flexibility index (Phi) is 7.76. The molecule has 2 heterocycles. The Labute approximate surface area is 215 Å². The maximum Gasteiger partial charge on any atom is 0.342 e. The smallest absolute Gasteiger partial charge is 0.342 e. The molecule has 12 heteroatoms. The van der Waals surface area contributed by atoms with E-state index in [1.54, 1.807) is 18.2 Å². The second kappa shape index (κ2) is 10.8. The number of nitrogens with zero attached hydrogens (tertiary/aromatic N) is 5. The quantitative estimate of drug-likeness (QED) is 0.490. The van der Waals surface area contributed by atoms with Gasteiger partial charge >= 0.3 is 5.92 Å². The first-order valence-corrected chi connectivity index (χ1v) is 12.3. The highest BCUT2D eigenvalue weighted by Crippen LogP contribution is 2.40. The van der Waals surface area contributed by atoms with E-state index < -0.39 is 18.4 Å². The van der Waals surface area contributed by atoms with E-state index in [4.69, 9.17) is 4.74 Å². The molecular weight excluding hydrogens is 484 g/mol. The number of rotatable bonds is 9. The summed E-state index contributed by atoms with van der Waals surface area (Å²) in [6, 6.07) is 4.83. The van der Waals surface area contributed by atoms with E-state index in [9.17, 15) is 18.4 Å². The molecule has 4 rings (SSSR count). The predicted octanol–water partition coefficient (Wildman–Crippen LogP) is 2.88. The van der Waals surface area contributed by atoms with Gasteiger partial charge in [0.05, 0.1) is 25.5 Å². The third-order valence-electron chi connectivity index (χ3n) is 6.66. The minimum atomic E-state index is -3.54. The van der Waals surface area contributed by atoms with Crippen molar-refractivity contribution in [2.24, 2.45) is 0 Å². The normalized spacial score (nSPS) is 17.2. The Morgan fingerprint density at radius 2 is 2.05 bits per heavy atom. The van der Waals surface area contributed by atoms with Crippen LogP contribution in [0.2, 0.25) is 0 Å². The van der Waals surface area contributed by atoms with Crippen LogP contribution in [-0.4, -0.2) is 86.5 Å². The van der Waals surface area contributed by atoms with Gasteiger partial charge in [0.1, 0.15) is 11.4 Å². The first-order valence-electron chi connectivity index (χ1n) is 12.3. The zero-order chi connectivity index (χ0) is 26.7. The number of benzene rings is 1. The van der Waals surface area contributed by atoms with E-state index in [0.29, 0.717) is 23.5 Å². The molecule has 2 aliphatic rings. The summed E-state index contributed by atoms with van der Waals surface area (Å²) >= 11 is 0. The van der Waals surface area contributed by atoms with Gasteiger partial charge in [0.25, 0.3) is 11.8 Å². The monoisotopic (exact) mass is 517 g/mol. The number of hydrogen-bond acceptors (Lipinski definition) is 8. The molecule has 0 spiro atoms. The molecule has 200 valence electrons. The second-order valence-electron chi connectivity index (χ2n) is 9.64. The van der Waals surface area contributed by atoms with E-state index >= 15 is 0 Å². The van der Waals surface area contributed by atoms with Crippen molar-refractivity contribution in [2.45, 2.75) is 37.6 Å². The number of alkyl halides is 2. The summed E-state index contributed by atoms with van der Waals surface area (Å²) < 4.78 is 34.8. The molecule has 0 unspecified atom stereocenters. The number of carbonyl (C=O) groups excluding carboxylic acids is 2. The minimum absolute atomic E-state index is 0.114. The van der Waals surface area contributed by atoms with E-state index in [-0.39, 0.29) is 29.4 Å². The molecule has 1 saturated carbocycles. The standard InChI is InChI=1S/C25H33F2N7O3/c1-32(2)12-6-11-28-22(35)16-9-10-18(20(13-16)37-4)30-24-29-14-19-21(31-24)34(17-7-5-8-17)15-25(26,27)23(36)33(19)3/h9-10,13-14,17H,5-8,11-12,15H2,1-4H3,(H,28,35)(H,29,30,31).